The fourth-order valence-corrected chi connectivity index (χ4v) is 2.72. The molecule has 7 heteroatoms. The van der Waals surface area contributed by atoms with Crippen LogP contribution in [0.15, 0.2) is 0 Å². The maximum atomic E-state index is 10.9. The summed E-state index contributed by atoms with van der Waals surface area (Å²) in [6.07, 6.45) is 0.950. The van der Waals surface area contributed by atoms with E-state index < -0.39 is 25.2 Å². The van der Waals surface area contributed by atoms with Crippen molar-refractivity contribution in [2.75, 3.05) is 0 Å². The van der Waals surface area contributed by atoms with Gasteiger partial charge in [-0.3, -0.25) is 14.6 Å². The Morgan fingerprint density at radius 2 is 2.00 bits per heavy atom. The second-order valence-electron chi connectivity index (χ2n) is 3.57. The third kappa shape index (κ3) is 2.54. The van der Waals surface area contributed by atoms with Gasteiger partial charge in [-0.2, -0.15) is 0 Å². The highest BCUT2D eigenvalue weighted by atomic mass is 31.2. The summed E-state index contributed by atoms with van der Waals surface area (Å²) in [7, 11) is -4.07. The lowest BCUT2D eigenvalue weighted by Gasteiger charge is -2.20. The average molecular weight is 223 g/mol. The number of carbonyl (C=O) groups is 1. The van der Waals surface area contributed by atoms with E-state index in [9.17, 15) is 14.6 Å². The van der Waals surface area contributed by atoms with E-state index in [0.29, 0.717) is 17.9 Å². The van der Waals surface area contributed by atoms with Crippen LogP contribution in [0.3, 0.4) is 0 Å². The largest absolute Gasteiger partial charge is 0.328 e. The van der Waals surface area contributed by atoms with Crippen molar-refractivity contribution in [3.05, 3.63) is 0 Å². The second kappa shape index (κ2) is 3.98. The number of amides is 1. The monoisotopic (exact) mass is 223 g/mol. The number of rotatable bonds is 2. The van der Waals surface area contributed by atoms with Gasteiger partial charge in [0.25, 0.3) is 0 Å². The zero-order chi connectivity index (χ0) is 10.9. The van der Waals surface area contributed by atoms with Crippen molar-refractivity contribution in [2.24, 2.45) is 0 Å². The zero-order valence-electron chi connectivity index (χ0n) is 7.83. The highest BCUT2D eigenvalue weighted by Crippen LogP contribution is 2.49. The molecule has 0 bridgehead atoms. The van der Waals surface area contributed by atoms with E-state index in [2.05, 4.69) is 0 Å². The number of hydroxylamine groups is 2. The van der Waals surface area contributed by atoms with Crippen molar-refractivity contribution in [2.45, 2.75) is 37.9 Å². The van der Waals surface area contributed by atoms with Crippen LogP contribution in [0.4, 0.5) is 0 Å². The van der Waals surface area contributed by atoms with Crippen LogP contribution < -0.4 is 0 Å². The second-order valence-corrected chi connectivity index (χ2v) is 5.48. The summed E-state index contributed by atoms with van der Waals surface area (Å²) in [6.45, 7) is 1.21. The Hall–Kier alpha value is -0.420. The molecule has 0 unspecified atom stereocenters. The molecule has 0 saturated heterocycles. The van der Waals surface area contributed by atoms with Crippen LogP contribution in [0.25, 0.3) is 0 Å². The topological polar surface area (TPSA) is 98.1 Å². The molecule has 2 atom stereocenters. The first-order valence-corrected chi connectivity index (χ1v) is 6.04. The van der Waals surface area contributed by atoms with Gasteiger partial charge in [-0.1, -0.05) is 0 Å². The molecular weight excluding hydrogens is 209 g/mol. The van der Waals surface area contributed by atoms with E-state index in [-0.39, 0.29) is 6.42 Å². The molecule has 82 valence electrons. The fraction of sp³-hybridized carbons (Fsp3) is 0.857. The van der Waals surface area contributed by atoms with Gasteiger partial charge in [-0.15, -0.1) is 0 Å². The van der Waals surface area contributed by atoms with Crippen LogP contribution in [0.1, 0.15) is 26.2 Å². The van der Waals surface area contributed by atoms with E-state index in [0.717, 1.165) is 0 Å². The lowest BCUT2D eigenvalue weighted by atomic mass is 10.2. The summed E-state index contributed by atoms with van der Waals surface area (Å²) in [5.41, 5.74) is -0.721. The molecule has 1 aliphatic rings. The molecule has 0 heterocycles. The summed E-state index contributed by atoms with van der Waals surface area (Å²) in [5, 5.41) is 9.81. The van der Waals surface area contributed by atoms with E-state index in [1.807, 2.05) is 0 Å². The number of hydrogen-bond acceptors (Lipinski definition) is 3. The smallest absolute Gasteiger partial charge is 0.324 e. The summed E-state index contributed by atoms with van der Waals surface area (Å²) < 4.78 is 10.9. The molecule has 0 aromatic heterocycles. The summed E-state index contributed by atoms with van der Waals surface area (Å²) in [4.78, 5) is 28.5. The summed E-state index contributed by atoms with van der Waals surface area (Å²) >= 11 is 0. The van der Waals surface area contributed by atoms with Crippen LogP contribution in [0.5, 0.6) is 0 Å². The summed E-state index contributed by atoms with van der Waals surface area (Å²) in [5.74, 6) is -0.499. The highest BCUT2D eigenvalue weighted by Gasteiger charge is 2.39. The predicted molar refractivity (Wildman–Crippen MR) is 47.8 cm³/mol. The van der Waals surface area contributed by atoms with Crippen molar-refractivity contribution >= 4 is 13.5 Å². The highest BCUT2D eigenvalue weighted by molar-refractivity contribution is 7.52. The standard InChI is InChI=1S/C7H14NO5P/c1-5(9)8(10)6-2-3-7(4-6)14(11,12)13/h6-7,10H,2-4H2,1H3,(H2,11,12,13)/t6-,7-/m1/s1. The molecule has 1 aliphatic carbocycles. The normalized spacial score (nSPS) is 27.7. The van der Waals surface area contributed by atoms with E-state index in [1.165, 1.54) is 6.92 Å². The van der Waals surface area contributed by atoms with Crippen molar-refractivity contribution in [3.8, 4) is 0 Å². The average Bonchev–Trinajstić information content (AvgIpc) is 2.49. The number of nitrogens with zero attached hydrogens (tertiary/aromatic N) is 1. The Morgan fingerprint density at radius 1 is 1.43 bits per heavy atom. The van der Waals surface area contributed by atoms with Gasteiger partial charge in [-0.05, 0) is 19.3 Å². The molecule has 0 spiro atoms. The molecule has 0 aromatic carbocycles. The van der Waals surface area contributed by atoms with E-state index >= 15 is 0 Å². The lowest BCUT2D eigenvalue weighted by molar-refractivity contribution is -0.172. The fourth-order valence-electron chi connectivity index (χ4n) is 1.72. The molecule has 6 nitrogen and oxygen atoms in total. The van der Waals surface area contributed by atoms with Crippen molar-refractivity contribution in [1.29, 1.82) is 0 Å². The first-order chi connectivity index (χ1) is 6.32. The SMILES string of the molecule is CC(=O)N(O)[C@@H]1CC[C@@H](P(=O)(O)O)C1. The molecule has 1 amide bonds. The minimum absolute atomic E-state index is 0.167. The first kappa shape index (κ1) is 11.7. The maximum Gasteiger partial charge on any atom is 0.328 e. The predicted octanol–water partition coefficient (Wildman–Crippen LogP) is 0.323. The van der Waals surface area contributed by atoms with Crippen LogP contribution in [0.2, 0.25) is 0 Å². The van der Waals surface area contributed by atoms with Gasteiger partial charge in [0.05, 0.1) is 11.7 Å². The van der Waals surface area contributed by atoms with E-state index in [1.54, 1.807) is 0 Å². The Morgan fingerprint density at radius 3 is 2.36 bits per heavy atom. The third-order valence-corrected chi connectivity index (χ3v) is 3.94. The molecule has 1 fully saturated rings. The van der Waals surface area contributed by atoms with Crippen LogP contribution in [-0.2, 0) is 9.36 Å². The van der Waals surface area contributed by atoms with Crippen LogP contribution in [-0.4, -0.2) is 37.7 Å². The van der Waals surface area contributed by atoms with E-state index in [4.69, 9.17) is 9.79 Å². The van der Waals surface area contributed by atoms with Gasteiger partial charge in [0.15, 0.2) is 0 Å². The minimum atomic E-state index is -4.07. The van der Waals surface area contributed by atoms with Crippen molar-refractivity contribution in [1.82, 2.24) is 5.06 Å². The maximum absolute atomic E-state index is 10.9. The molecule has 1 rings (SSSR count). The Kier molecular flexibility index (Phi) is 3.32. The Bertz CT molecular complexity index is 275. The molecule has 3 N–H and O–H groups in total. The molecule has 0 aliphatic heterocycles. The Labute approximate surface area is 81.6 Å². The van der Waals surface area contributed by atoms with Crippen LogP contribution in [0, 0.1) is 0 Å². The van der Waals surface area contributed by atoms with Gasteiger partial charge < -0.3 is 9.79 Å². The Balaban J connectivity index is 2.58. The molecule has 14 heavy (non-hydrogen) atoms. The first-order valence-electron chi connectivity index (χ1n) is 4.36. The van der Waals surface area contributed by atoms with Gasteiger partial charge in [0.2, 0.25) is 5.91 Å². The van der Waals surface area contributed by atoms with Crippen molar-refractivity contribution in [3.63, 3.8) is 0 Å². The quantitative estimate of drug-likeness (QED) is 0.356. The molecule has 0 radical (unpaired) electrons. The summed E-state index contributed by atoms with van der Waals surface area (Å²) in [6, 6.07) is -0.454. The van der Waals surface area contributed by atoms with Gasteiger partial charge in [-0.25, -0.2) is 5.06 Å². The van der Waals surface area contributed by atoms with Gasteiger partial charge in [0.1, 0.15) is 0 Å². The van der Waals surface area contributed by atoms with Gasteiger partial charge >= 0.3 is 7.60 Å². The zero-order valence-corrected chi connectivity index (χ0v) is 8.72. The lowest BCUT2D eigenvalue weighted by Crippen LogP contribution is -2.34. The molecule has 1 saturated carbocycles. The minimum Gasteiger partial charge on any atom is -0.324 e. The van der Waals surface area contributed by atoms with Crippen molar-refractivity contribution < 1.29 is 24.4 Å². The molecule has 0 aromatic rings. The van der Waals surface area contributed by atoms with Crippen LogP contribution >= 0.6 is 7.60 Å². The number of carbonyl (C=O) groups excluding carboxylic acids is 1. The van der Waals surface area contributed by atoms with Gasteiger partial charge in [0, 0.05) is 6.92 Å². The number of hydrogen-bond donors (Lipinski definition) is 3. The third-order valence-electron chi connectivity index (χ3n) is 2.52. The molecular formula is C7H14NO5P.